The third-order valence-electron chi connectivity index (χ3n) is 4.91. The van der Waals surface area contributed by atoms with Gasteiger partial charge in [-0.05, 0) is 36.5 Å². The monoisotopic (exact) mass is 363 g/mol. The largest absolute Gasteiger partial charge is 0.342 e. The van der Waals surface area contributed by atoms with Gasteiger partial charge in [0, 0.05) is 36.4 Å². The van der Waals surface area contributed by atoms with Crippen molar-refractivity contribution in [2.75, 3.05) is 13.1 Å². The average molecular weight is 363 g/mol. The first-order valence-corrected chi connectivity index (χ1v) is 9.85. The number of hydrogen-bond acceptors (Lipinski definition) is 4. The molecule has 4 nitrogen and oxygen atoms in total. The van der Waals surface area contributed by atoms with Crippen LogP contribution in [-0.2, 0) is 11.2 Å². The Balaban J connectivity index is 1.34. The van der Waals surface area contributed by atoms with Gasteiger partial charge in [-0.3, -0.25) is 9.78 Å². The lowest BCUT2D eigenvalue weighted by atomic mass is 9.89. The zero-order valence-electron chi connectivity index (χ0n) is 14.5. The molecule has 0 saturated carbocycles. The summed E-state index contributed by atoms with van der Waals surface area (Å²) in [5.74, 6) is 0.747. The zero-order valence-corrected chi connectivity index (χ0v) is 15.4. The molecule has 2 aromatic heterocycles. The summed E-state index contributed by atoms with van der Waals surface area (Å²) in [6.07, 6.45) is 6.01. The predicted molar refractivity (Wildman–Crippen MR) is 104 cm³/mol. The fourth-order valence-corrected chi connectivity index (χ4v) is 4.27. The molecule has 132 valence electrons. The highest BCUT2D eigenvalue weighted by Gasteiger charge is 2.24. The number of thiazole rings is 1. The Morgan fingerprint density at radius 3 is 2.65 bits per heavy atom. The van der Waals surface area contributed by atoms with E-state index in [1.165, 1.54) is 5.56 Å². The van der Waals surface area contributed by atoms with Gasteiger partial charge >= 0.3 is 0 Å². The minimum absolute atomic E-state index is 0.180. The topological polar surface area (TPSA) is 46.1 Å². The lowest BCUT2D eigenvalue weighted by molar-refractivity contribution is -0.131. The molecule has 0 N–H and O–H groups in total. The molecule has 1 fully saturated rings. The average Bonchev–Trinajstić information content (AvgIpc) is 3.18. The minimum Gasteiger partial charge on any atom is -0.342 e. The summed E-state index contributed by atoms with van der Waals surface area (Å²) in [4.78, 5) is 23.4. The molecular formula is C21H21N3OS. The van der Waals surface area contributed by atoms with Gasteiger partial charge in [0.1, 0.15) is 5.01 Å². The molecular weight excluding hydrogens is 342 g/mol. The Hall–Kier alpha value is -2.53. The number of carbonyl (C=O) groups excluding carboxylic acids is 1. The summed E-state index contributed by atoms with van der Waals surface area (Å²) in [6, 6.07) is 14.5. The van der Waals surface area contributed by atoms with Gasteiger partial charge in [0.15, 0.2) is 0 Å². The maximum Gasteiger partial charge on any atom is 0.228 e. The SMILES string of the molecule is O=C(Cc1csc(-c2cccnc2)n1)N1CCC(c2ccccc2)CC1. The van der Waals surface area contributed by atoms with E-state index in [-0.39, 0.29) is 5.91 Å². The van der Waals surface area contributed by atoms with E-state index in [0.717, 1.165) is 42.2 Å². The van der Waals surface area contributed by atoms with Crippen molar-refractivity contribution < 1.29 is 4.79 Å². The third-order valence-corrected chi connectivity index (χ3v) is 5.85. The quantitative estimate of drug-likeness (QED) is 0.699. The number of rotatable bonds is 4. The summed E-state index contributed by atoms with van der Waals surface area (Å²) in [5.41, 5.74) is 3.24. The smallest absolute Gasteiger partial charge is 0.228 e. The van der Waals surface area contributed by atoms with Crippen molar-refractivity contribution in [3.63, 3.8) is 0 Å². The standard InChI is InChI=1S/C21H21N3OS/c25-20(13-19-15-26-21(23-19)18-7-4-10-22-14-18)24-11-8-17(9-12-24)16-5-2-1-3-6-16/h1-7,10,14-15,17H,8-9,11-13H2. The molecule has 0 radical (unpaired) electrons. The van der Waals surface area contributed by atoms with Crippen LogP contribution in [0, 0.1) is 0 Å². The van der Waals surface area contributed by atoms with Crippen molar-refractivity contribution in [2.45, 2.75) is 25.2 Å². The van der Waals surface area contributed by atoms with Crippen molar-refractivity contribution in [3.8, 4) is 10.6 Å². The van der Waals surface area contributed by atoms with E-state index in [0.29, 0.717) is 12.3 Å². The maximum absolute atomic E-state index is 12.6. The van der Waals surface area contributed by atoms with Gasteiger partial charge in [0.05, 0.1) is 12.1 Å². The molecule has 0 bridgehead atoms. The van der Waals surface area contributed by atoms with Crippen molar-refractivity contribution in [2.24, 2.45) is 0 Å². The third kappa shape index (κ3) is 3.83. The Morgan fingerprint density at radius 1 is 1.12 bits per heavy atom. The number of likely N-dealkylation sites (tertiary alicyclic amines) is 1. The summed E-state index contributed by atoms with van der Waals surface area (Å²) >= 11 is 1.57. The van der Waals surface area contributed by atoms with E-state index in [2.05, 4.69) is 40.3 Å². The van der Waals surface area contributed by atoms with Gasteiger partial charge in [0.2, 0.25) is 5.91 Å². The van der Waals surface area contributed by atoms with Gasteiger partial charge in [-0.15, -0.1) is 11.3 Å². The molecule has 1 aliphatic rings. The Morgan fingerprint density at radius 2 is 1.92 bits per heavy atom. The second kappa shape index (κ2) is 7.79. The lowest BCUT2D eigenvalue weighted by Gasteiger charge is -2.32. The fraction of sp³-hybridized carbons (Fsp3) is 0.286. The molecule has 0 spiro atoms. The number of nitrogens with zero attached hydrogens (tertiary/aromatic N) is 3. The Kier molecular flexibility index (Phi) is 5.07. The molecule has 26 heavy (non-hydrogen) atoms. The summed E-state index contributed by atoms with van der Waals surface area (Å²) in [6.45, 7) is 1.66. The highest BCUT2D eigenvalue weighted by atomic mass is 32.1. The van der Waals surface area contributed by atoms with Crippen LogP contribution in [0.3, 0.4) is 0 Å². The lowest BCUT2D eigenvalue weighted by Crippen LogP contribution is -2.38. The van der Waals surface area contributed by atoms with Crippen LogP contribution >= 0.6 is 11.3 Å². The van der Waals surface area contributed by atoms with Crippen LogP contribution in [0.15, 0.2) is 60.2 Å². The molecule has 0 aliphatic carbocycles. The fourth-order valence-electron chi connectivity index (χ4n) is 3.46. The number of amides is 1. The molecule has 3 aromatic rings. The van der Waals surface area contributed by atoms with Crippen LogP contribution in [0.25, 0.3) is 10.6 Å². The second-order valence-electron chi connectivity index (χ2n) is 6.63. The summed E-state index contributed by atoms with van der Waals surface area (Å²) in [7, 11) is 0. The Labute approximate surface area is 157 Å². The van der Waals surface area contributed by atoms with E-state index in [9.17, 15) is 4.79 Å². The van der Waals surface area contributed by atoms with Crippen LogP contribution in [0.5, 0.6) is 0 Å². The van der Waals surface area contributed by atoms with E-state index in [1.807, 2.05) is 22.4 Å². The first-order chi connectivity index (χ1) is 12.8. The molecule has 3 heterocycles. The van der Waals surface area contributed by atoms with Crippen molar-refractivity contribution >= 4 is 17.2 Å². The van der Waals surface area contributed by atoms with Crippen molar-refractivity contribution in [1.82, 2.24) is 14.9 Å². The molecule has 5 heteroatoms. The van der Waals surface area contributed by atoms with Crippen molar-refractivity contribution in [3.05, 3.63) is 71.5 Å². The molecule has 1 aromatic carbocycles. The highest BCUT2D eigenvalue weighted by Crippen LogP contribution is 2.28. The molecule has 4 rings (SSSR count). The maximum atomic E-state index is 12.6. The highest BCUT2D eigenvalue weighted by molar-refractivity contribution is 7.13. The van der Waals surface area contributed by atoms with Gasteiger partial charge < -0.3 is 4.90 Å². The number of aromatic nitrogens is 2. The zero-order chi connectivity index (χ0) is 17.8. The number of benzene rings is 1. The van der Waals surface area contributed by atoms with E-state index >= 15 is 0 Å². The number of pyridine rings is 1. The van der Waals surface area contributed by atoms with Gasteiger partial charge in [-0.2, -0.15) is 0 Å². The van der Waals surface area contributed by atoms with Crippen LogP contribution in [0.4, 0.5) is 0 Å². The van der Waals surface area contributed by atoms with E-state index in [1.54, 1.807) is 23.7 Å². The van der Waals surface area contributed by atoms with Crippen LogP contribution in [0.1, 0.15) is 30.0 Å². The van der Waals surface area contributed by atoms with Gasteiger partial charge in [-0.1, -0.05) is 30.3 Å². The summed E-state index contributed by atoms with van der Waals surface area (Å²) in [5, 5.41) is 2.90. The summed E-state index contributed by atoms with van der Waals surface area (Å²) < 4.78 is 0. The van der Waals surface area contributed by atoms with E-state index < -0.39 is 0 Å². The molecule has 0 unspecified atom stereocenters. The van der Waals surface area contributed by atoms with Crippen LogP contribution in [-0.4, -0.2) is 33.9 Å². The molecule has 0 atom stereocenters. The van der Waals surface area contributed by atoms with Gasteiger partial charge in [-0.25, -0.2) is 4.98 Å². The van der Waals surface area contributed by atoms with E-state index in [4.69, 9.17) is 0 Å². The number of piperidine rings is 1. The first-order valence-electron chi connectivity index (χ1n) is 8.97. The normalized spacial score (nSPS) is 15.2. The van der Waals surface area contributed by atoms with Crippen LogP contribution < -0.4 is 0 Å². The van der Waals surface area contributed by atoms with Crippen molar-refractivity contribution in [1.29, 1.82) is 0 Å². The number of hydrogen-bond donors (Lipinski definition) is 0. The Bertz CT molecular complexity index is 855. The molecule has 1 amide bonds. The predicted octanol–water partition coefficient (Wildman–Crippen LogP) is 4.15. The van der Waals surface area contributed by atoms with Crippen LogP contribution in [0.2, 0.25) is 0 Å². The minimum atomic E-state index is 0.180. The first kappa shape index (κ1) is 16.9. The van der Waals surface area contributed by atoms with Gasteiger partial charge in [0.25, 0.3) is 0 Å². The molecule has 1 saturated heterocycles. The second-order valence-corrected chi connectivity index (χ2v) is 7.49. The number of carbonyl (C=O) groups is 1. The molecule has 1 aliphatic heterocycles.